The Hall–Kier alpha value is -0.240. The molecule has 0 aromatic heterocycles. The monoisotopic (exact) mass is 292 g/mol. The molecule has 0 spiro atoms. The highest BCUT2D eigenvalue weighted by atomic mass is 35.5. The first-order chi connectivity index (χ1) is 8.63. The molecule has 104 valence electrons. The van der Waals surface area contributed by atoms with Gasteiger partial charge < -0.3 is 4.52 Å². The molecule has 0 aromatic carbocycles. The Bertz CT molecular complexity index is 363. The van der Waals surface area contributed by atoms with Crippen LogP contribution in [0.4, 0.5) is 0 Å². The molecule has 0 amide bonds. The molecule has 1 heterocycles. The van der Waals surface area contributed by atoms with E-state index < -0.39 is 7.60 Å². The molecule has 0 fully saturated rings. The van der Waals surface area contributed by atoms with Crippen molar-refractivity contribution in [3.8, 4) is 0 Å². The van der Waals surface area contributed by atoms with E-state index in [1.807, 2.05) is 13.0 Å². The van der Waals surface area contributed by atoms with Gasteiger partial charge >= 0.3 is 7.60 Å². The highest BCUT2D eigenvalue weighted by Gasteiger charge is 2.27. The van der Waals surface area contributed by atoms with Crippen LogP contribution in [0.2, 0.25) is 0 Å². The standard InChI is InChI=1S/C13H22ClO3P/c1-3-5-7-12-10-13(8-6-9-14)17-18(15,11-12)16-4-2/h10-11H,3-9H2,1-2H3. The average molecular weight is 293 g/mol. The Kier molecular flexibility index (Phi) is 7.06. The third-order valence-corrected chi connectivity index (χ3v) is 4.62. The molecule has 0 aliphatic carbocycles. The van der Waals surface area contributed by atoms with Gasteiger partial charge in [-0.05, 0) is 37.8 Å². The second-order valence-corrected chi connectivity index (χ2v) is 6.42. The first-order valence-electron chi connectivity index (χ1n) is 6.55. The molecule has 3 nitrogen and oxygen atoms in total. The maximum absolute atomic E-state index is 12.4. The van der Waals surface area contributed by atoms with Gasteiger partial charge in [0.15, 0.2) is 0 Å². The average Bonchev–Trinajstić information content (AvgIpc) is 2.33. The van der Waals surface area contributed by atoms with Crippen molar-refractivity contribution in [2.24, 2.45) is 0 Å². The van der Waals surface area contributed by atoms with Crippen molar-refractivity contribution < 1.29 is 13.6 Å². The fraction of sp³-hybridized carbons (Fsp3) is 0.692. The summed E-state index contributed by atoms with van der Waals surface area (Å²) < 4.78 is 23.1. The molecule has 5 heteroatoms. The van der Waals surface area contributed by atoms with Gasteiger partial charge in [0.2, 0.25) is 0 Å². The number of alkyl halides is 1. The molecule has 1 rings (SSSR count). The van der Waals surface area contributed by atoms with Gasteiger partial charge in [0.1, 0.15) is 5.76 Å². The third kappa shape index (κ3) is 5.17. The van der Waals surface area contributed by atoms with E-state index in [0.717, 1.165) is 37.0 Å². The highest BCUT2D eigenvalue weighted by Crippen LogP contribution is 2.55. The summed E-state index contributed by atoms with van der Waals surface area (Å²) in [6.45, 7) is 4.34. The summed E-state index contributed by atoms with van der Waals surface area (Å²) in [5.41, 5.74) is 1.06. The van der Waals surface area contributed by atoms with Crippen LogP contribution in [0.25, 0.3) is 0 Å². The summed E-state index contributed by atoms with van der Waals surface area (Å²) in [6.07, 6.45) is 6.63. The minimum Gasteiger partial charge on any atom is -0.426 e. The van der Waals surface area contributed by atoms with E-state index in [2.05, 4.69) is 6.92 Å². The molecule has 1 unspecified atom stereocenters. The van der Waals surface area contributed by atoms with Crippen molar-refractivity contribution >= 4 is 19.2 Å². The van der Waals surface area contributed by atoms with Gasteiger partial charge in [0.25, 0.3) is 0 Å². The molecule has 0 saturated heterocycles. The number of allylic oxidation sites excluding steroid dienone is 3. The molecule has 0 bridgehead atoms. The summed E-state index contributed by atoms with van der Waals surface area (Å²) in [5.74, 6) is 2.98. The van der Waals surface area contributed by atoms with E-state index in [-0.39, 0.29) is 0 Å². The second kappa shape index (κ2) is 8.04. The van der Waals surface area contributed by atoms with E-state index in [1.165, 1.54) is 0 Å². The normalized spacial score (nSPS) is 23.3. The van der Waals surface area contributed by atoms with Crippen LogP contribution in [0.3, 0.4) is 0 Å². The second-order valence-electron chi connectivity index (χ2n) is 4.26. The molecule has 0 aromatic rings. The van der Waals surface area contributed by atoms with E-state index in [9.17, 15) is 4.57 Å². The topological polar surface area (TPSA) is 35.5 Å². The predicted molar refractivity (Wildman–Crippen MR) is 76.0 cm³/mol. The lowest BCUT2D eigenvalue weighted by molar-refractivity contribution is 0.251. The van der Waals surface area contributed by atoms with E-state index in [1.54, 1.807) is 5.82 Å². The summed E-state index contributed by atoms with van der Waals surface area (Å²) >= 11 is 5.68. The van der Waals surface area contributed by atoms with E-state index in [0.29, 0.717) is 18.9 Å². The lowest BCUT2D eigenvalue weighted by atomic mass is 10.1. The molecule has 1 aliphatic rings. The number of unbranched alkanes of at least 4 members (excludes halogenated alkanes) is 1. The van der Waals surface area contributed by atoms with Gasteiger partial charge in [-0.2, -0.15) is 0 Å². The van der Waals surface area contributed by atoms with Crippen LogP contribution < -0.4 is 0 Å². The summed E-state index contributed by atoms with van der Waals surface area (Å²) in [7, 11) is -3.08. The summed E-state index contributed by atoms with van der Waals surface area (Å²) in [6, 6.07) is 0. The first kappa shape index (κ1) is 15.8. The third-order valence-electron chi connectivity index (χ3n) is 2.60. The molecule has 1 atom stereocenters. The fourth-order valence-electron chi connectivity index (χ4n) is 1.78. The molecule has 0 radical (unpaired) electrons. The van der Waals surface area contributed by atoms with Gasteiger partial charge in [-0.3, -0.25) is 4.52 Å². The van der Waals surface area contributed by atoms with Crippen molar-refractivity contribution in [3.05, 3.63) is 23.2 Å². The minimum absolute atomic E-state index is 0.387. The van der Waals surface area contributed by atoms with Crippen LogP contribution in [0.1, 0.15) is 46.0 Å². The molecular formula is C13H22ClO3P. The van der Waals surface area contributed by atoms with Gasteiger partial charge in [0, 0.05) is 18.1 Å². The Balaban J connectivity index is 2.78. The summed E-state index contributed by atoms with van der Waals surface area (Å²) in [4.78, 5) is 0. The molecule has 18 heavy (non-hydrogen) atoms. The lowest BCUT2D eigenvalue weighted by Gasteiger charge is -2.22. The molecular weight excluding hydrogens is 271 g/mol. The maximum atomic E-state index is 12.4. The quantitative estimate of drug-likeness (QED) is 0.454. The zero-order valence-electron chi connectivity index (χ0n) is 11.2. The number of hydrogen-bond donors (Lipinski definition) is 0. The van der Waals surface area contributed by atoms with Gasteiger partial charge in [-0.25, -0.2) is 4.57 Å². The van der Waals surface area contributed by atoms with E-state index in [4.69, 9.17) is 20.6 Å². The zero-order valence-corrected chi connectivity index (χ0v) is 12.8. The van der Waals surface area contributed by atoms with E-state index >= 15 is 0 Å². The van der Waals surface area contributed by atoms with Crippen LogP contribution in [0.5, 0.6) is 0 Å². The van der Waals surface area contributed by atoms with Crippen LogP contribution in [-0.2, 0) is 13.6 Å². The fourth-order valence-corrected chi connectivity index (χ4v) is 3.54. The summed E-state index contributed by atoms with van der Waals surface area (Å²) in [5, 5.41) is 0. The molecule has 0 saturated carbocycles. The van der Waals surface area contributed by atoms with Gasteiger partial charge in [0.05, 0.1) is 6.61 Å². The van der Waals surface area contributed by atoms with Crippen molar-refractivity contribution in [3.63, 3.8) is 0 Å². The van der Waals surface area contributed by atoms with Crippen LogP contribution in [0, 0.1) is 0 Å². The number of hydrogen-bond acceptors (Lipinski definition) is 3. The highest BCUT2D eigenvalue weighted by molar-refractivity contribution is 7.57. The Morgan fingerprint density at radius 3 is 2.72 bits per heavy atom. The van der Waals surface area contributed by atoms with Crippen LogP contribution in [0.15, 0.2) is 23.2 Å². The molecule has 0 N–H and O–H groups in total. The van der Waals surface area contributed by atoms with Crippen molar-refractivity contribution in [1.82, 2.24) is 0 Å². The first-order valence-corrected chi connectivity index (χ1v) is 8.70. The van der Waals surface area contributed by atoms with Gasteiger partial charge in [-0.1, -0.05) is 13.3 Å². The molecule has 1 aliphatic heterocycles. The zero-order chi connectivity index (χ0) is 13.4. The predicted octanol–water partition coefficient (Wildman–Crippen LogP) is 5.22. The van der Waals surface area contributed by atoms with Crippen LogP contribution in [-0.4, -0.2) is 12.5 Å². The number of rotatable bonds is 8. The van der Waals surface area contributed by atoms with Crippen LogP contribution >= 0.6 is 19.2 Å². The smallest absolute Gasteiger partial charge is 0.403 e. The van der Waals surface area contributed by atoms with Crippen molar-refractivity contribution in [2.75, 3.05) is 12.5 Å². The Morgan fingerprint density at radius 2 is 2.11 bits per heavy atom. The SMILES string of the molecule is CCCCC1=CP(=O)(OCC)OC(CCCCl)=C1. The van der Waals surface area contributed by atoms with Crippen molar-refractivity contribution in [1.29, 1.82) is 0 Å². The largest absolute Gasteiger partial charge is 0.426 e. The maximum Gasteiger partial charge on any atom is 0.403 e. The van der Waals surface area contributed by atoms with Crippen molar-refractivity contribution in [2.45, 2.75) is 46.0 Å². The van der Waals surface area contributed by atoms with Gasteiger partial charge in [-0.15, -0.1) is 11.6 Å². The lowest BCUT2D eigenvalue weighted by Crippen LogP contribution is -2.01. The minimum atomic E-state index is -3.08. The number of halogens is 1. The Labute approximate surface area is 115 Å². The Morgan fingerprint density at radius 1 is 1.33 bits per heavy atom.